The molecule has 0 unspecified atom stereocenters. The van der Waals surface area contributed by atoms with E-state index in [0.29, 0.717) is 24.2 Å². The molecule has 3 heterocycles. The molecule has 126 valence electrons. The molecule has 1 aliphatic rings. The van der Waals surface area contributed by atoms with Gasteiger partial charge >= 0.3 is 0 Å². The number of rotatable bonds is 4. The highest BCUT2D eigenvalue weighted by Crippen LogP contribution is 2.34. The van der Waals surface area contributed by atoms with Crippen molar-refractivity contribution in [3.05, 3.63) is 39.9 Å². The molecule has 0 amide bonds. The van der Waals surface area contributed by atoms with Gasteiger partial charge in [0.15, 0.2) is 5.82 Å². The number of aromatic nitrogens is 3. The van der Waals surface area contributed by atoms with E-state index in [0.717, 1.165) is 36.5 Å². The van der Waals surface area contributed by atoms with Crippen LogP contribution in [-0.4, -0.2) is 33.1 Å². The zero-order chi connectivity index (χ0) is 16.5. The summed E-state index contributed by atoms with van der Waals surface area (Å²) in [6, 6.07) is 5.92. The summed E-state index contributed by atoms with van der Waals surface area (Å²) in [7, 11) is 0. The van der Waals surface area contributed by atoms with Crippen molar-refractivity contribution in [2.24, 2.45) is 5.73 Å². The zero-order valence-corrected chi connectivity index (χ0v) is 14.7. The Morgan fingerprint density at radius 1 is 1.29 bits per heavy atom. The van der Waals surface area contributed by atoms with Gasteiger partial charge in [-0.1, -0.05) is 16.8 Å². The summed E-state index contributed by atoms with van der Waals surface area (Å²) < 4.78 is 6.26. The highest BCUT2D eigenvalue weighted by Gasteiger charge is 2.24. The predicted molar refractivity (Wildman–Crippen MR) is 94.1 cm³/mol. The fourth-order valence-corrected chi connectivity index (χ4v) is 4.35. The summed E-state index contributed by atoms with van der Waals surface area (Å²) in [5.74, 6) is 1.72. The molecule has 0 aliphatic carbocycles. The lowest BCUT2D eigenvalue weighted by Crippen LogP contribution is -2.32. The zero-order valence-electron chi connectivity index (χ0n) is 13.1. The van der Waals surface area contributed by atoms with Gasteiger partial charge in [-0.05, 0) is 44.1 Å². The largest absolute Gasteiger partial charge is 0.338 e. The molecule has 0 atom stereocenters. The van der Waals surface area contributed by atoms with Gasteiger partial charge in [-0.15, -0.1) is 11.3 Å². The van der Waals surface area contributed by atoms with E-state index >= 15 is 0 Å². The van der Waals surface area contributed by atoms with E-state index in [1.165, 1.54) is 9.71 Å². The molecular weight excluding hydrogens is 346 g/mol. The van der Waals surface area contributed by atoms with Crippen LogP contribution in [0, 0.1) is 0 Å². The second-order valence-electron chi connectivity index (χ2n) is 6.02. The van der Waals surface area contributed by atoms with E-state index in [-0.39, 0.29) is 6.54 Å². The van der Waals surface area contributed by atoms with E-state index in [2.05, 4.69) is 21.1 Å². The molecule has 24 heavy (non-hydrogen) atoms. The van der Waals surface area contributed by atoms with Crippen molar-refractivity contribution in [1.29, 1.82) is 0 Å². The fraction of sp³-hybridized carbons (Fsp3) is 0.438. The minimum atomic E-state index is 0.288. The minimum Gasteiger partial charge on any atom is -0.338 e. The number of hydrogen-bond acceptors (Lipinski definition) is 7. The summed E-state index contributed by atoms with van der Waals surface area (Å²) >= 11 is 7.83. The van der Waals surface area contributed by atoms with Crippen LogP contribution in [0.3, 0.4) is 0 Å². The van der Waals surface area contributed by atoms with Crippen molar-refractivity contribution in [2.45, 2.75) is 31.8 Å². The van der Waals surface area contributed by atoms with E-state index < -0.39 is 0 Å². The molecule has 0 saturated carbocycles. The number of halogens is 1. The Balaban J connectivity index is 1.39. The lowest BCUT2D eigenvalue weighted by molar-refractivity contribution is 0.198. The highest BCUT2D eigenvalue weighted by atomic mass is 35.5. The fourth-order valence-electron chi connectivity index (χ4n) is 3.07. The SMILES string of the molecule is NCc1nc(CN2CCC(c3nc4cc(Cl)ccc4s3)CC2)no1. The number of fused-ring (bicyclic) bond motifs is 1. The smallest absolute Gasteiger partial charge is 0.240 e. The molecule has 2 aromatic heterocycles. The van der Waals surface area contributed by atoms with Gasteiger partial charge in [0.05, 0.1) is 28.3 Å². The summed E-state index contributed by atoms with van der Waals surface area (Å²) in [4.78, 5) is 11.4. The Bertz CT molecular complexity index is 840. The van der Waals surface area contributed by atoms with Crippen LogP contribution in [0.25, 0.3) is 10.2 Å². The Kier molecular flexibility index (Phi) is 4.49. The summed E-state index contributed by atoms with van der Waals surface area (Å²) in [6.45, 7) is 3.02. The van der Waals surface area contributed by atoms with Gasteiger partial charge in [-0.25, -0.2) is 4.98 Å². The van der Waals surface area contributed by atoms with Gasteiger partial charge in [0.25, 0.3) is 0 Å². The molecule has 0 bridgehead atoms. The topological polar surface area (TPSA) is 81.1 Å². The molecule has 8 heteroatoms. The first-order valence-corrected chi connectivity index (χ1v) is 9.20. The van der Waals surface area contributed by atoms with E-state index in [4.69, 9.17) is 26.8 Å². The lowest BCUT2D eigenvalue weighted by atomic mass is 9.97. The van der Waals surface area contributed by atoms with Crippen LogP contribution in [0.4, 0.5) is 0 Å². The third kappa shape index (κ3) is 3.30. The third-order valence-corrected chi connectivity index (χ3v) is 5.79. The molecule has 4 rings (SSSR count). The van der Waals surface area contributed by atoms with Crippen LogP contribution in [-0.2, 0) is 13.1 Å². The molecule has 0 spiro atoms. The number of likely N-dealkylation sites (tertiary alicyclic amines) is 1. The number of benzene rings is 1. The van der Waals surface area contributed by atoms with Crippen molar-refractivity contribution in [2.75, 3.05) is 13.1 Å². The van der Waals surface area contributed by atoms with Crippen LogP contribution in [0.2, 0.25) is 5.02 Å². The van der Waals surface area contributed by atoms with E-state index in [1.807, 2.05) is 12.1 Å². The van der Waals surface area contributed by atoms with Crippen LogP contribution in [0.15, 0.2) is 22.7 Å². The normalized spacial score (nSPS) is 16.9. The van der Waals surface area contributed by atoms with Crippen molar-refractivity contribution in [3.8, 4) is 0 Å². The summed E-state index contributed by atoms with van der Waals surface area (Å²) in [5.41, 5.74) is 6.50. The number of hydrogen-bond donors (Lipinski definition) is 1. The summed E-state index contributed by atoms with van der Waals surface area (Å²) in [5, 5.41) is 5.93. The molecule has 1 saturated heterocycles. The molecular formula is C16H18ClN5OS. The van der Waals surface area contributed by atoms with Gasteiger partial charge < -0.3 is 10.3 Å². The number of nitrogens with zero attached hydrogens (tertiary/aromatic N) is 4. The van der Waals surface area contributed by atoms with E-state index in [9.17, 15) is 0 Å². The number of nitrogens with two attached hydrogens (primary N) is 1. The highest BCUT2D eigenvalue weighted by molar-refractivity contribution is 7.18. The molecule has 0 radical (unpaired) electrons. The number of thiazole rings is 1. The molecule has 1 aromatic carbocycles. The molecule has 2 N–H and O–H groups in total. The van der Waals surface area contributed by atoms with E-state index in [1.54, 1.807) is 11.3 Å². The van der Waals surface area contributed by atoms with Gasteiger partial charge in [-0.2, -0.15) is 4.98 Å². The first-order valence-electron chi connectivity index (χ1n) is 8.01. The van der Waals surface area contributed by atoms with Crippen LogP contribution in [0.5, 0.6) is 0 Å². The lowest BCUT2D eigenvalue weighted by Gasteiger charge is -2.29. The molecule has 3 aromatic rings. The first kappa shape index (κ1) is 16.0. The average Bonchev–Trinajstić information content (AvgIpc) is 3.21. The Hall–Kier alpha value is -1.54. The standard InChI is InChI=1S/C16H18ClN5OS/c17-11-1-2-13-12(7-11)19-16(24-13)10-3-5-22(6-4-10)9-14-20-15(8-18)23-21-14/h1-2,7,10H,3-6,8-9,18H2. The molecule has 1 aliphatic heterocycles. The maximum Gasteiger partial charge on any atom is 0.240 e. The maximum absolute atomic E-state index is 6.05. The van der Waals surface area contributed by atoms with Gasteiger partial charge in [0.1, 0.15) is 0 Å². The predicted octanol–water partition coefficient (Wildman–Crippen LogP) is 3.17. The van der Waals surface area contributed by atoms with Gasteiger partial charge in [0, 0.05) is 10.9 Å². The Labute approximate surface area is 148 Å². The third-order valence-electron chi connectivity index (χ3n) is 4.35. The van der Waals surface area contributed by atoms with Crippen molar-refractivity contribution in [3.63, 3.8) is 0 Å². The van der Waals surface area contributed by atoms with Gasteiger partial charge in [0.2, 0.25) is 5.89 Å². The summed E-state index contributed by atoms with van der Waals surface area (Å²) in [6.07, 6.45) is 2.18. The first-order chi connectivity index (χ1) is 11.7. The maximum atomic E-state index is 6.05. The second kappa shape index (κ2) is 6.76. The molecule has 1 fully saturated rings. The van der Waals surface area contributed by atoms with Crippen molar-refractivity contribution < 1.29 is 4.52 Å². The van der Waals surface area contributed by atoms with Gasteiger partial charge in [-0.3, -0.25) is 4.90 Å². The quantitative estimate of drug-likeness (QED) is 0.766. The Morgan fingerprint density at radius 2 is 2.12 bits per heavy atom. The minimum absolute atomic E-state index is 0.288. The van der Waals surface area contributed by atoms with Crippen LogP contribution >= 0.6 is 22.9 Å². The van der Waals surface area contributed by atoms with Crippen LogP contribution in [0.1, 0.15) is 35.5 Å². The average molecular weight is 364 g/mol. The number of piperidine rings is 1. The van der Waals surface area contributed by atoms with Crippen molar-refractivity contribution >= 4 is 33.2 Å². The van der Waals surface area contributed by atoms with Crippen molar-refractivity contribution in [1.82, 2.24) is 20.0 Å². The van der Waals surface area contributed by atoms with Crippen LogP contribution < -0.4 is 5.73 Å². The monoisotopic (exact) mass is 363 g/mol. The molecule has 6 nitrogen and oxygen atoms in total. The Morgan fingerprint density at radius 3 is 2.88 bits per heavy atom. The second-order valence-corrected chi connectivity index (χ2v) is 7.52.